The van der Waals surface area contributed by atoms with Crippen LogP contribution in [0, 0.1) is 6.92 Å². The molecule has 0 spiro atoms. The number of rotatable bonds is 9. The molecule has 0 bridgehead atoms. The zero-order valence-corrected chi connectivity index (χ0v) is 20.4. The van der Waals surface area contributed by atoms with E-state index in [2.05, 4.69) is 39.9 Å². The number of amides is 2. The van der Waals surface area contributed by atoms with Crippen LogP contribution in [0.3, 0.4) is 0 Å². The number of aromatic nitrogens is 1. The Morgan fingerprint density at radius 3 is 2.31 bits per heavy atom. The first-order valence-corrected chi connectivity index (χ1v) is 12.2. The van der Waals surface area contributed by atoms with Gasteiger partial charge < -0.3 is 20.5 Å². The van der Waals surface area contributed by atoms with Gasteiger partial charge in [-0.2, -0.15) is 0 Å². The number of thiazole rings is 1. The van der Waals surface area contributed by atoms with Gasteiger partial charge in [-0.05, 0) is 36.1 Å². The molecule has 3 N–H and O–H groups in total. The van der Waals surface area contributed by atoms with Gasteiger partial charge in [0.05, 0.1) is 5.01 Å². The number of aryl methyl sites for hydroxylation is 1. The summed E-state index contributed by atoms with van der Waals surface area (Å²) in [5.74, 6) is -1.30. The van der Waals surface area contributed by atoms with Crippen LogP contribution in [0.1, 0.15) is 50.8 Å². The minimum absolute atomic E-state index is 0.0251. The van der Waals surface area contributed by atoms with Crippen molar-refractivity contribution in [2.24, 2.45) is 0 Å². The Morgan fingerprint density at radius 2 is 1.71 bits per heavy atom. The zero-order valence-electron chi connectivity index (χ0n) is 19.5. The van der Waals surface area contributed by atoms with Gasteiger partial charge in [0, 0.05) is 36.2 Å². The summed E-state index contributed by atoms with van der Waals surface area (Å²) in [4.78, 5) is 40.4. The van der Waals surface area contributed by atoms with Crippen LogP contribution in [0.15, 0.2) is 48.5 Å². The first kappa shape index (κ1) is 24.4. The second-order valence-corrected chi connectivity index (χ2v) is 9.78. The summed E-state index contributed by atoms with van der Waals surface area (Å²) in [7, 11) is 0. The standard InChI is InChI=1S/C26H27N3O5S/c1-15(13-22(30)27-12-11-23-29-24(25(31)32)16(2)35-23)28-26(33)34-14-21-19-9-5-3-7-17(19)18-8-4-6-10-20(18)21/h3-10,15,21H,11-14H2,1-2H3,(H,27,30)(H,28,33)(H,31,32). The van der Waals surface area contributed by atoms with E-state index in [9.17, 15) is 14.4 Å². The van der Waals surface area contributed by atoms with Gasteiger partial charge in [-0.15, -0.1) is 11.3 Å². The molecule has 182 valence electrons. The summed E-state index contributed by atoms with van der Waals surface area (Å²) in [5.41, 5.74) is 4.65. The maximum atomic E-state index is 12.4. The third-order valence-electron chi connectivity index (χ3n) is 5.90. The minimum Gasteiger partial charge on any atom is -0.476 e. The fraction of sp³-hybridized carbons (Fsp3) is 0.308. The zero-order chi connectivity index (χ0) is 24.9. The summed E-state index contributed by atoms with van der Waals surface area (Å²) < 4.78 is 5.53. The quantitative estimate of drug-likeness (QED) is 0.413. The molecule has 1 atom stereocenters. The van der Waals surface area contributed by atoms with Gasteiger partial charge in [0.1, 0.15) is 6.61 Å². The van der Waals surface area contributed by atoms with Gasteiger partial charge in [0.2, 0.25) is 5.91 Å². The molecule has 1 aliphatic carbocycles. The van der Waals surface area contributed by atoms with E-state index in [-0.39, 0.29) is 30.5 Å². The number of hydrogen-bond acceptors (Lipinski definition) is 6. The van der Waals surface area contributed by atoms with Crippen molar-refractivity contribution >= 4 is 29.3 Å². The second-order valence-electron chi connectivity index (χ2n) is 8.49. The van der Waals surface area contributed by atoms with Crippen molar-refractivity contribution in [3.63, 3.8) is 0 Å². The maximum Gasteiger partial charge on any atom is 0.407 e. The third kappa shape index (κ3) is 5.68. The Hall–Kier alpha value is -3.72. The first-order valence-electron chi connectivity index (χ1n) is 11.4. The van der Waals surface area contributed by atoms with E-state index < -0.39 is 18.1 Å². The summed E-state index contributed by atoms with van der Waals surface area (Å²) in [6, 6.07) is 15.8. The van der Waals surface area contributed by atoms with Crippen molar-refractivity contribution < 1.29 is 24.2 Å². The number of carboxylic acid groups (broad SMARTS) is 1. The van der Waals surface area contributed by atoms with Crippen LogP contribution in [0.5, 0.6) is 0 Å². The largest absolute Gasteiger partial charge is 0.476 e. The van der Waals surface area contributed by atoms with Gasteiger partial charge >= 0.3 is 12.1 Å². The number of benzene rings is 2. The lowest BCUT2D eigenvalue weighted by molar-refractivity contribution is -0.121. The summed E-state index contributed by atoms with van der Waals surface area (Å²) in [5, 5.41) is 15.2. The normalized spacial score (nSPS) is 13.0. The summed E-state index contributed by atoms with van der Waals surface area (Å²) in [6.07, 6.45) is -0.0215. The number of hydrogen-bond donors (Lipinski definition) is 3. The van der Waals surface area contributed by atoms with Crippen LogP contribution in [0.2, 0.25) is 0 Å². The monoisotopic (exact) mass is 493 g/mol. The number of carbonyl (C=O) groups is 3. The number of alkyl carbamates (subject to hydrolysis) is 1. The number of carboxylic acids is 1. The highest BCUT2D eigenvalue weighted by Crippen LogP contribution is 2.44. The molecule has 1 unspecified atom stereocenters. The van der Waals surface area contributed by atoms with E-state index >= 15 is 0 Å². The van der Waals surface area contributed by atoms with Crippen molar-refractivity contribution in [1.82, 2.24) is 15.6 Å². The Morgan fingerprint density at radius 1 is 1.09 bits per heavy atom. The Bertz CT molecular complexity index is 1210. The molecule has 0 saturated heterocycles. The molecule has 0 radical (unpaired) electrons. The molecular formula is C26H27N3O5S. The van der Waals surface area contributed by atoms with Crippen LogP contribution in [-0.2, 0) is 16.0 Å². The van der Waals surface area contributed by atoms with Crippen LogP contribution in [0.4, 0.5) is 4.79 Å². The van der Waals surface area contributed by atoms with Crippen molar-refractivity contribution in [3.8, 4) is 11.1 Å². The van der Waals surface area contributed by atoms with Crippen molar-refractivity contribution in [1.29, 1.82) is 0 Å². The number of aromatic carboxylic acids is 1. The lowest BCUT2D eigenvalue weighted by Gasteiger charge is -2.17. The van der Waals surface area contributed by atoms with Crippen molar-refractivity contribution in [3.05, 3.63) is 75.2 Å². The molecule has 2 aromatic carbocycles. The first-order chi connectivity index (χ1) is 16.8. The fourth-order valence-electron chi connectivity index (χ4n) is 4.31. The molecule has 2 amide bonds. The lowest BCUT2D eigenvalue weighted by atomic mass is 9.98. The highest BCUT2D eigenvalue weighted by Gasteiger charge is 2.29. The Kier molecular flexibility index (Phi) is 7.45. The van der Waals surface area contributed by atoms with Crippen LogP contribution in [0.25, 0.3) is 11.1 Å². The molecule has 8 nitrogen and oxygen atoms in total. The highest BCUT2D eigenvalue weighted by atomic mass is 32.1. The van der Waals surface area contributed by atoms with Gasteiger partial charge in [0.15, 0.2) is 5.69 Å². The third-order valence-corrected chi connectivity index (χ3v) is 6.93. The molecule has 0 saturated carbocycles. The fourth-order valence-corrected chi connectivity index (χ4v) is 5.23. The van der Waals surface area contributed by atoms with E-state index in [0.29, 0.717) is 22.9 Å². The van der Waals surface area contributed by atoms with E-state index in [0.717, 1.165) is 22.3 Å². The van der Waals surface area contributed by atoms with Gasteiger partial charge in [-0.25, -0.2) is 14.6 Å². The lowest BCUT2D eigenvalue weighted by Crippen LogP contribution is -2.38. The Labute approximate surface area is 207 Å². The number of nitrogens with zero attached hydrogens (tertiary/aromatic N) is 1. The van der Waals surface area contributed by atoms with Crippen molar-refractivity contribution in [2.45, 2.75) is 38.6 Å². The molecule has 4 rings (SSSR count). The molecule has 0 aliphatic heterocycles. The van der Waals surface area contributed by atoms with Crippen LogP contribution >= 0.6 is 11.3 Å². The predicted molar refractivity (Wildman–Crippen MR) is 133 cm³/mol. The average molecular weight is 494 g/mol. The van der Waals surface area contributed by atoms with Crippen molar-refractivity contribution in [2.75, 3.05) is 13.2 Å². The van der Waals surface area contributed by atoms with Gasteiger partial charge in [-0.1, -0.05) is 48.5 Å². The molecule has 1 heterocycles. The van der Waals surface area contributed by atoms with Crippen LogP contribution < -0.4 is 10.6 Å². The topological polar surface area (TPSA) is 118 Å². The van der Waals surface area contributed by atoms with Gasteiger partial charge in [0.25, 0.3) is 0 Å². The molecule has 3 aromatic rings. The minimum atomic E-state index is -1.05. The number of fused-ring (bicyclic) bond motifs is 3. The predicted octanol–water partition coefficient (Wildman–Crippen LogP) is 4.13. The molecule has 9 heteroatoms. The Balaban J connectivity index is 1.22. The number of carbonyl (C=O) groups excluding carboxylic acids is 2. The number of nitrogens with one attached hydrogen (secondary N) is 2. The smallest absolute Gasteiger partial charge is 0.407 e. The molecule has 1 aromatic heterocycles. The molecule has 1 aliphatic rings. The highest BCUT2D eigenvalue weighted by molar-refractivity contribution is 7.11. The summed E-state index contributed by atoms with van der Waals surface area (Å²) >= 11 is 1.31. The van der Waals surface area contributed by atoms with E-state index in [4.69, 9.17) is 9.84 Å². The van der Waals surface area contributed by atoms with Crippen LogP contribution in [-0.4, -0.2) is 47.3 Å². The van der Waals surface area contributed by atoms with Gasteiger partial charge in [-0.3, -0.25) is 4.79 Å². The molecule has 0 fully saturated rings. The van der Waals surface area contributed by atoms with E-state index in [1.807, 2.05) is 24.3 Å². The molecule has 35 heavy (non-hydrogen) atoms. The van der Waals surface area contributed by atoms with E-state index in [1.165, 1.54) is 11.3 Å². The summed E-state index contributed by atoms with van der Waals surface area (Å²) in [6.45, 7) is 4.00. The average Bonchev–Trinajstić information content (AvgIpc) is 3.35. The van der Waals surface area contributed by atoms with E-state index in [1.54, 1.807) is 13.8 Å². The number of ether oxygens (including phenoxy) is 1. The molecular weight excluding hydrogens is 466 g/mol. The second kappa shape index (κ2) is 10.7. The SMILES string of the molecule is Cc1sc(CCNC(=O)CC(C)NC(=O)OCC2c3ccccc3-c3ccccc32)nc1C(=O)O. The maximum absolute atomic E-state index is 12.4.